The summed E-state index contributed by atoms with van der Waals surface area (Å²) in [5.74, 6) is 0. The van der Waals surface area contributed by atoms with E-state index in [0.29, 0.717) is 15.8 Å². The van der Waals surface area contributed by atoms with Crippen molar-refractivity contribution >= 4 is 39.4 Å². The van der Waals surface area contributed by atoms with E-state index >= 15 is 0 Å². The molecule has 0 fully saturated rings. The number of aryl methyl sites for hydroxylation is 2. The SMILES string of the molecule is CCN(CCn1cc[n+](C)c1)c1ccc(N=Nc2ncc(C)s2)c(Cl)c1. The Bertz CT molecular complexity index is 901. The van der Waals surface area contributed by atoms with Crippen LogP contribution in [0.15, 0.2) is 53.3 Å². The zero-order chi connectivity index (χ0) is 18.5. The summed E-state index contributed by atoms with van der Waals surface area (Å²) in [6, 6.07) is 5.88. The molecule has 6 nitrogen and oxygen atoms in total. The van der Waals surface area contributed by atoms with Gasteiger partial charge in [0.1, 0.15) is 24.6 Å². The van der Waals surface area contributed by atoms with Gasteiger partial charge in [-0.05, 0) is 32.0 Å². The van der Waals surface area contributed by atoms with Crippen molar-refractivity contribution < 1.29 is 4.57 Å². The van der Waals surface area contributed by atoms with Gasteiger partial charge in [-0.3, -0.25) is 0 Å². The van der Waals surface area contributed by atoms with Crippen LogP contribution in [0.2, 0.25) is 5.02 Å². The highest BCUT2D eigenvalue weighted by Gasteiger charge is 2.10. The predicted octanol–water partition coefficient (Wildman–Crippen LogP) is 4.67. The molecule has 0 amide bonds. The molecule has 136 valence electrons. The summed E-state index contributed by atoms with van der Waals surface area (Å²) in [5.41, 5.74) is 1.73. The van der Waals surface area contributed by atoms with Gasteiger partial charge in [-0.25, -0.2) is 14.1 Å². The van der Waals surface area contributed by atoms with Crippen LogP contribution in [0.5, 0.6) is 0 Å². The zero-order valence-corrected chi connectivity index (χ0v) is 16.7. The number of benzene rings is 1. The summed E-state index contributed by atoms with van der Waals surface area (Å²) in [6.45, 7) is 6.86. The first-order valence-electron chi connectivity index (χ1n) is 8.45. The largest absolute Gasteiger partial charge is 0.368 e. The standard InChI is InChI=1S/C18H22ClN6S/c1-4-25(10-9-24-8-7-23(3)13-24)15-5-6-17(16(19)11-15)21-22-18-20-12-14(2)26-18/h5-8,11-13H,4,9-10H2,1-3H3/q+1. The number of likely N-dealkylation sites (N-methyl/N-ethyl adjacent to an activating group) is 1. The number of anilines is 1. The van der Waals surface area contributed by atoms with Crippen LogP contribution in [-0.2, 0) is 13.6 Å². The van der Waals surface area contributed by atoms with E-state index in [2.05, 4.69) is 44.1 Å². The molecular formula is C18H22ClN6S+. The topological polar surface area (TPSA) is 49.7 Å². The minimum atomic E-state index is 0.588. The molecule has 2 heterocycles. The van der Waals surface area contributed by atoms with Crippen LogP contribution in [0, 0.1) is 6.92 Å². The fraction of sp³-hybridized carbons (Fsp3) is 0.333. The molecule has 0 bridgehead atoms. The summed E-state index contributed by atoms with van der Waals surface area (Å²) in [6.07, 6.45) is 7.97. The van der Waals surface area contributed by atoms with Gasteiger partial charge in [0.05, 0.1) is 18.6 Å². The second kappa shape index (κ2) is 8.42. The van der Waals surface area contributed by atoms with Crippen molar-refractivity contribution in [1.82, 2.24) is 9.55 Å². The third-order valence-electron chi connectivity index (χ3n) is 3.98. The van der Waals surface area contributed by atoms with E-state index < -0.39 is 0 Å². The number of rotatable bonds is 7. The number of azo groups is 1. The Morgan fingerprint density at radius 2 is 2.19 bits per heavy atom. The highest BCUT2D eigenvalue weighted by molar-refractivity contribution is 7.15. The van der Waals surface area contributed by atoms with Gasteiger partial charge in [0.15, 0.2) is 0 Å². The Hall–Kier alpha value is -2.25. The highest BCUT2D eigenvalue weighted by Crippen LogP contribution is 2.31. The molecule has 26 heavy (non-hydrogen) atoms. The minimum absolute atomic E-state index is 0.588. The number of nitrogens with zero attached hydrogens (tertiary/aromatic N) is 6. The third kappa shape index (κ3) is 4.68. The lowest BCUT2D eigenvalue weighted by molar-refractivity contribution is -0.671. The molecule has 0 radical (unpaired) electrons. The molecule has 0 atom stereocenters. The zero-order valence-electron chi connectivity index (χ0n) is 15.1. The summed E-state index contributed by atoms with van der Waals surface area (Å²) in [7, 11) is 2.02. The Kier molecular flexibility index (Phi) is 6.00. The second-order valence-electron chi connectivity index (χ2n) is 5.99. The Labute approximate surface area is 162 Å². The van der Waals surface area contributed by atoms with Crippen LogP contribution < -0.4 is 9.47 Å². The van der Waals surface area contributed by atoms with Crippen LogP contribution in [-0.4, -0.2) is 22.6 Å². The van der Waals surface area contributed by atoms with E-state index in [1.165, 1.54) is 11.3 Å². The summed E-state index contributed by atoms with van der Waals surface area (Å²) in [4.78, 5) is 7.57. The maximum absolute atomic E-state index is 6.42. The fourth-order valence-electron chi connectivity index (χ4n) is 2.60. The molecule has 0 N–H and O–H groups in total. The monoisotopic (exact) mass is 389 g/mol. The van der Waals surface area contributed by atoms with Crippen molar-refractivity contribution in [3.8, 4) is 0 Å². The van der Waals surface area contributed by atoms with Crippen LogP contribution in [0.1, 0.15) is 11.8 Å². The van der Waals surface area contributed by atoms with Crippen LogP contribution in [0.3, 0.4) is 0 Å². The van der Waals surface area contributed by atoms with Crippen molar-refractivity contribution in [1.29, 1.82) is 0 Å². The minimum Gasteiger partial charge on any atom is -0.368 e. The molecule has 8 heteroatoms. The molecule has 0 aliphatic rings. The van der Waals surface area contributed by atoms with Gasteiger partial charge in [-0.15, -0.1) is 10.2 Å². The van der Waals surface area contributed by atoms with E-state index in [1.54, 1.807) is 6.20 Å². The van der Waals surface area contributed by atoms with Gasteiger partial charge in [0.25, 0.3) is 0 Å². The molecule has 0 saturated carbocycles. The first-order chi connectivity index (χ1) is 12.5. The number of imidazole rings is 1. The summed E-state index contributed by atoms with van der Waals surface area (Å²) in [5, 5.41) is 9.61. The number of hydrogen-bond acceptors (Lipinski definition) is 5. The Morgan fingerprint density at radius 1 is 1.35 bits per heavy atom. The number of halogens is 1. The van der Waals surface area contributed by atoms with Gasteiger partial charge in [0.2, 0.25) is 11.5 Å². The normalized spacial score (nSPS) is 11.4. The van der Waals surface area contributed by atoms with E-state index in [-0.39, 0.29) is 0 Å². The van der Waals surface area contributed by atoms with Crippen LogP contribution in [0.4, 0.5) is 16.5 Å². The summed E-state index contributed by atoms with van der Waals surface area (Å²) < 4.78 is 4.21. The smallest absolute Gasteiger partial charge is 0.243 e. The molecule has 0 spiro atoms. The van der Waals surface area contributed by atoms with Gasteiger partial charge in [-0.2, -0.15) is 0 Å². The highest BCUT2D eigenvalue weighted by atomic mass is 35.5. The second-order valence-corrected chi connectivity index (χ2v) is 7.61. The number of hydrogen-bond donors (Lipinski definition) is 0. The molecule has 0 saturated heterocycles. The first kappa shape index (κ1) is 18.5. The van der Waals surface area contributed by atoms with Gasteiger partial charge in [0, 0.05) is 23.3 Å². The van der Waals surface area contributed by atoms with Crippen molar-refractivity contribution in [3.05, 3.63) is 53.0 Å². The lowest BCUT2D eigenvalue weighted by Gasteiger charge is -2.22. The molecule has 2 aromatic heterocycles. The molecule has 0 aliphatic heterocycles. The van der Waals surface area contributed by atoms with Crippen molar-refractivity contribution in [2.75, 3.05) is 18.0 Å². The van der Waals surface area contributed by atoms with Crippen molar-refractivity contribution in [2.24, 2.45) is 17.3 Å². The Balaban J connectivity index is 1.69. The maximum Gasteiger partial charge on any atom is 0.243 e. The van der Waals surface area contributed by atoms with Crippen LogP contribution in [0.25, 0.3) is 0 Å². The third-order valence-corrected chi connectivity index (χ3v) is 5.08. The van der Waals surface area contributed by atoms with E-state index in [9.17, 15) is 0 Å². The molecule has 0 unspecified atom stereocenters. The maximum atomic E-state index is 6.42. The lowest BCUT2D eigenvalue weighted by atomic mass is 10.2. The molecule has 1 aromatic carbocycles. The van der Waals surface area contributed by atoms with Gasteiger partial charge >= 0.3 is 0 Å². The Morgan fingerprint density at radius 3 is 2.81 bits per heavy atom. The average molecular weight is 390 g/mol. The molecule has 0 aliphatic carbocycles. The number of thiazole rings is 1. The van der Waals surface area contributed by atoms with Crippen molar-refractivity contribution in [2.45, 2.75) is 20.4 Å². The van der Waals surface area contributed by atoms with Gasteiger partial charge < -0.3 is 4.90 Å². The van der Waals surface area contributed by atoms with Crippen LogP contribution >= 0.6 is 22.9 Å². The lowest BCUT2D eigenvalue weighted by Crippen LogP contribution is -2.28. The molecule has 3 rings (SSSR count). The average Bonchev–Trinajstić information content (AvgIpc) is 3.23. The van der Waals surface area contributed by atoms with Gasteiger partial charge in [-0.1, -0.05) is 22.9 Å². The molecular weight excluding hydrogens is 368 g/mol. The quantitative estimate of drug-likeness (QED) is 0.435. The fourth-order valence-corrected chi connectivity index (χ4v) is 3.39. The van der Waals surface area contributed by atoms with E-state index in [0.717, 1.165) is 30.2 Å². The number of aromatic nitrogens is 3. The predicted molar refractivity (Wildman–Crippen MR) is 106 cm³/mol. The van der Waals surface area contributed by atoms with E-state index in [4.69, 9.17) is 11.6 Å². The molecule has 3 aromatic rings. The summed E-state index contributed by atoms with van der Waals surface area (Å²) >= 11 is 7.92. The first-order valence-corrected chi connectivity index (χ1v) is 9.64. The van der Waals surface area contributed by atoms with E-state index in [1.807, 2.05) is 42.9 Å². The van der Waals surface area contributed by atoms with Crippen molar-refractivity contribution in [3.63, 3.8) is 0 Å².